The van der Waals surface area contributed by atoms with Crippen LogP contribution in [0.3, 0.4) is 0 Å². The number of carbonyl (C=O) groups is 1. The van der Waals surface area contributed by atoms with E-state index in [0.717, 1.165) is 17.0 Å². The number of carbonyl (C=O) groups excluding carboxylic acids is 1. The van der Waals surface area contributed by atoms with Gasteiger partial charge in [-0.25, -0.2) is 4.39 Å². The highest BCUT2D eigenvalue weighted by molar-refractivity contribution is 6.09. The van der Waals surface area contributed by atoms with Crippen LogP contribution in [0, 0.1) is 5.82 Å². The zero-order valence-electron chi connectivity index (χ0n) is 16.2. The van der Waals surface area contributed by atoms with E-state index in [9.17, 15) is 9.18 Å². The predicted molar refractivity (Wildman–Crippen MR) is 112 cm³/mol. The number of hydrogen-bond donors (Lipinski definition) is 1. The third-order valence-corrected chi connectivity index (χ3v) is 6.00. The maximum atomic E-state index is 13.1. The second-order valence-corrected chi connectivity index (χ2v) is 8.06. The van der Waals surface area contributed by atoms with Crippen molar-refractivity contribution in [1.29, 1.82) is 0 Å². The van der Waals surface area contributed by atoms with E-state index in [1.807, 2.05) is 36.4 Å². The van der Waals surface area contributed by atoms with Crippen molar-refractivity contribution in [3.8, 4) is 5.75 Å². The van der Waals surface area contributed by atoms with Gasteiger partial charge in [0.15, 0.2) is 5.78 Å². The Bertz CT molecular complexity index is 1160. The van der Waals surface area contributed by atoms with Crippen LogP contribution >= 0.6 is 0 Å². The first-order chi connectivity index (χ1) is 13.9. The summed E-state index contributed by atoms with van der Waals surface area (Å²) < 4.78 is 19.6. The fourth-order valence-corrected chi connectivity index (χ4v) is 4.19. The van der Waals surface area contributed by atoms with Crippen LogP contribution in [0.4, 0.5) is 10.1 Å². The van der Waals surface area contributed by atoms with E-state index in [1.54, 1.807) is 6.07 Å². The van der Waals surface area contributed by atoms with Gasteiger partial charge in [-0.1, -0.05) is 18.2 Å². The number of benzene rings is 3. The molecule has 0 radical (unpaired) electrons. The number of nitrogens with one attached hydrogen (secondary N) is 1. The monoisotopic (exact) mass is 385 g/mol. The van der Waals surface area contributed by atoms with Crippen molar-refractivity contribution in [2.24, 2.45) is 0 Å². The molecule has 2 heterocycles. The van der Waals surface area contributed by atoms with Crippen molar-refractivity contribution in [3.05, 3.63) is 101 Å². The van der Waals surface area contributed by atoms with Crippen molar-refractivity contribution in [3.63, 3.8) is 0 Å². The minimum Gasteiger partial charge on any atom is -0.463 e. The lowest BCUT2D eigenvalue weighted by atomic mass is 9.76. The van der Waals surface area contributed by atoms with Gasteiger partial charge < -0.3 is 10.1 Å². The lowest BCUT2D eigenvalue weighted by molar-refractivity contribution is 0.0823. The molecule has 3 nitrogen and oxygen atoms in total. The first-order valence-electron chi connectivity index (χ1n) is 9.60. The molecule has 0 saturated carbocycles. The number of rotatable bonds is 2. The van der Waals surface area contributed by atoms with Gasteiger partial charge in [0.1, 0.15) is 11.6 Å². The largest absolute Gasteiger partial charge is 0.463 e. The Morgan fingerprint density at radius 3 is 2.45 bits per heavy atom. The van der Waals surface area contributed by atoms with Gasteiger partial charge in [-0.15, -0.1) is 0 Å². The molecule has 0 fully saturated rings. The van der Waals surface area contributed by atoms with Crippen molar-refractivity contribution in [1.82, 2.24) is 0 Å². The van der Waals surface area contributed by atoms with Crippen LogP contribution in [0.15, 0.2) is 72.8 Å². The summed E-state index contributed by atoms with van der Waals surface area (Å²) in [5.74, 6) is 0.214. The minimum absolute atomic E-state index is 0.145. The predicted octanol–water partition coefficient (Wildman–Crippen LogP) is 5.56. The summed E-state index contributed by atoms with van der Waals surface area (Å²) in [5.41, 5.74) is 3.15. The number of anilines is 1. The molecule has 1 unspecified atom stereocenters. The summed E-state index contributed by atoms with van der Waals surface area (Å²) in [5, 5.41) is 3.54. The summed E-state index contributed by atoms with van der Waals surface area (Å²) in [6.45, 7) is 4.32. The third-order valence-electron chi connectivity index (χ3n) is 6.00. The quantitative estimate of drug-likeness (QED) is 0.587. The lowest BCUT2D eigenvalue weighted by Crippen LogP contribution is -2.53. The Labute approximate surface area is 168 Å². The Balaban J connectivity index is 1.49. The molecule has 2 aliphatic rings. The summed E-state index contributed by atoms with van der Waals surface area (Å²) >= 11 is 0. The van der Waals surface area contributed by atoms with Crippen LogP contribution in [0.5, 0.6) is 5.75 Å². The van der Waals surface area contributed by atoms with Gasteiger partial charge in [0.25, 0.3) is 0 Å². The smallest absolute Gasteiger partial charge is 0.209 e. The molecular weight excluding hydrogens is 365 g/mol. The van der Waals surface area contributed by atoms with Gasteiger partial charge in [-0.05, 0) is 80.1 Å². The molecule has 2 aliphatic heterocycles. The van der Waals surface area contributed by atoms with Gasteiger partial charge in [0.2, 0.25) is 5.72 Å². The van der Waals surface area contributed by atoms with Crippen LogP contribution in [-0.2, 0) is 5.41 Å². The molecule has 144 valence electrons. The van der Waals surface area contributed by atoms with Crippen molar-refractivity contribution in [2.75, 3.05) is 5.32 Å². The summed E-state index contributed by atoms with van der Waals surface area (Å²) in [6, 6.07) is 19.2. The molecule has 0 amide bonds. The Morgan fingerprint density at radius 2 is 1.69 bits per heavy atom. The lowest BCUT2D eigenvalue weighted by Gasteiger charge is -2.41. The van der Waals surface area contributed by atoms with Crippen molar-refractivity contribution in [2.45, 2.75) is 25.0 Å². The molecule has 29 heavy (non-hydrogen) atoms. The molecule has 5 rings (SSSR count). The minimum atomic E-state index is -0.688. The van der Waals surface area contributed by atoms with E-state index in [-0.39, 0.29) is 17.0 Å². The normalized spacial score (nSPS) is 20.5. The van der Waals surface area contributed by atoms with Crippen LogP contribution in [0.1, 0.15) is 40.9 Å². The topological polar surface area (TPSA) is 38.3 Å². The highest BCUT2D eigenvalue weighted by atomic mass is 19.1. The zero-order valence-corrected chi connectivity index (χ0v) is 16.2. The van der Waals surface area contributed by atoms with Gasteiger partial charge >= 0.3 is 0 Å². The summed E-state index contributed by atoms with van der Waals surface area (Å²) in [6.07, 6.45) is 4.03. The molecule has 0 aliphatic carbocycles. The SMILES string of the molecule is CC1(C)c2ccccc2NC12C=Cc1cc(C(=O)c3ccc(F)cc3)ccc1O2. The standard InChI is InChI=1S/C25H20FNO2/c1-24(2)20-5-3-4-6-21(20)27-25(24)14-13-17-15-18(9-12-22(17)29-25)23(28)16-7-10-19(26)11-8-16/h3-15,27H,1-2H3. The van der Waals surface area contributed by atoms with Gasteiger partial charge in [0, 0.05) is 22.4 Å². The maximum absolute atomic E-state index is 13.1. The highest BCUT2D eigenvalue weighted by Crippen LogP contribution is 2.50. The molecule has 0 saturated heterocycles. The Morgan fingerprint density at radius 1 is 0.966 bits per heavy atom. The van der Waals surface area contributed by atoms with E-state index in [0.29, 0.717) is 11.1 Å². The number of ether oxygens (including phenoxy) is 1. The molecule has 1 atom stereocenters. The molecule has 1 N–H and O–H groups in total. The molecule has 0 aromatic heterocycles. The van der Waals surface area contributed by atoms with Crippen LogP contribution in [0.2, 0.25) is 0 Å². The van der Waals surface area contributed by atoms with Crippen LogP contribution in [0.25, 0.3) is 6.08 Å². The Hall–Kier alpha value is -3.40. The van der Waals surface area contributed by atoms with Gasteiger partial charge in [0.05, 0.1) is 5.41 Å². The molecule has 3 aromatic carbocycles. The highest BCUT2D eigenvalue weighted by Gasteiger charge is 2.54. The molecule has 0 bridgehead atoms. The number of halogens is 1. The average Bonchev–Trinajstić information content (AvgIpc) is 2.94. The van der Waals surface area contributed by atoms with Crippen molar-refractivity contribution >= 4 is 17.5 Å². The number of hydrogen-bond acceptors (Lipinski definition) is 3. The number of para-hydroxylation sites is 1. The second-order valence-electron chi connectivity index (χ2n) is 8.06. The van der Waals surface area contributed by atoms with Crippen molar-refractivity contribution < 1.29 is 13.9 Å². The fourth-order valence-electron chi connectivity index (χ4n) is 4.19. The third kappa shape index (κ3) is 2.59. The first-order valence-corrected chi connectivity index (χ1v) is 9.60. The maximum Gasteiger partial charge on any atom is 0.209 e. The van der Waals surface area contributed by atoms with Gasteiger partial charge in [-0.3, -0.25) is 4.79 Å². The van der Waals surface area contributed by atoms with E-state index in [2.05, 4.69) is 31.3 Å². The van der Waals surface area contributed by atoms with Crippen LogP contribution < -0.4 is 10.1 Å². The number of ketones is 1. The fraction of sp³-hybridized carbons (Fsp3) is 0.160. The van der Waals surface area contributed by atoms with E-state index >= 15 is 0 Å². The molecule has 1 spiro atoms. The van der Waals surface area contributed by atoms with E-state index in [4.69, 9.17) is 4.74 Å². The number of fused-ring (bicyclic) bond motifs is 2. The second kappa shape index (κ2) is 6.05. The van der Waals surface area contributed by atoms with E-state index in [1.165, 1.54) is 29.8 Å². The van der Waals surface area contributed by atoms with E-state index < -0.39 is 5.72 Å². The summed E-state index contributed by atoms with van der Waals surface area (Å²) in [7, 11) is 0. The molecule has 3 aromatic rings. The average molecular weight is 385 g/mol. The molecular formula is C25H20FNO2. The Kier molecular flexibility index (Phi) is 3.69. The van der Waals surface area contributed by atoms with Gasteiger partial charge in [-0.2, -0.15) is 0 Å². The zero-order chi connectivity index (χ0) is 20.2. The first kappa shape index (κ1) is 17.7. The summed E-state index contributed by atoms with van der Waals surface area (Å²) in [4.78, 5) is 12.7. The molecule has 4 heteroatoms. The van der Waals surface area contributed by atoms with Crippen LogP contribution in [-0.4, -0.2) is 11.5 Å².